The number of anilines is 1. The number of aryl methyl sites for hydroxylation is 1. The number of pyridine rings is 1. The van der Waals surface area contributed by atoms with Gasteiger partial charge in [-0.25, -0.2) is 4.98 Å². The number of amides is 1. The number of piperidine rings is 1. The Morgan fingerprint density at radius 3 is 2.38 bits per heavy atom. The van der Waals surface area contributed by atoms with Crippen LogP contribution in [0.2, 0.25) is 0 Å². The quantitative estimate of drug-likeness (QED) is 0.489. The predicted molar refractivity (Wildman–Crippen MR) is 133 cm³/mol. The summed E-state index contributed by atoms with van der Waals surface area (Å²) in [7, 11) is 0. The molecule has 2 fully saturated rings. The second-order valence-corrected chi connectivity index (χ2v) is 10.3. The van der Waals surface area contributed by atoms with E-state index in [1.54, 1.807) is 11.3 Å². The first-order valence-electron chi connectivity index (χ1n) is 12.1. The number of rotatable bonds is 4. The zero-order valence-corrected chi connectivity index (χ0v) is 19.7. The van der Waals surface area contributed by atoms with Crippen LogP contribution in [0.15, 0.2) is 30.3 Å². The van der Waals surface area contributed by atoms with Gasteiger partial charge >= 0.3 is 0 Å². The van der Waals surface area contributed by atoms with Crippen molar-refractivity contribution in [3.8, 4) is 11.3 Å². The van der Waals surface area contributed by atoms with E-state index in [1.165, 1.54) is 50.5 Å². The molecule has 1 aromatic carbocycles. The summed E-state index contributed by atoms with van der Waals surface area (Å²) in [4.78, 5) is 25.6. The molecular weight excluding hydrogens is 416 g/mol. The summed E-state index contributed by atoms with van der Waals surface area (Å²) in [6, 6.07) is 10.6. The number of carbonyl (C=O) groups excluding carboxylic acids is 1. The minimum Gasteiger partial charge on any atom is -0.349 e. The molecule has 3 aromatic rings. The molecule has 32 heavy (non-hydrogen) atoms. The van der Waals surface area contributed by atoms with E-state index < -0.39 is 0 Å². The smallest absolute Gasteiger partial charge is 0.253 e. The van der Waals surface area contributed by atoms with Crippen molar-refractivity contribution in [2.75, 3.05) is 18.0 Å². The highest BCUT2D eigenvalue weighted by Gasteiger charge is 2.23. The van der Waals surface area contributed by atoms with Crippen LogP contribution in [0, 0.1) is 6.92 Å². The molecule has 168 valence electrons. The number of aromatic nitrogens is 2. The topological polar surface area (TPSA) is 58.1 Å². The third kappa shape index (κ3) is 4.65. The Morgan fingerprint density at radius 1 is 0.969 bits per heavy atom. The summed E-state index contributed by atoms with van der Waals surface area (Å²) in [5.74, 6) is 0.0199. The van der Waals surface area contributed by atoms with Crippen LogP contribution in [0.3, 0.4) is 0 Å². The number of carbonyl (C=O) groups is 1. The molecule has 2 aromatic heterocycles. The number of nitrogens with one attached hydrogen (secondary N) is 1. The summed E-state index contributed by atoms with van der Waals surface area (Å²) < 4.78 is 0.910. The maximum Gasteiger partial charge on any atom is 0.253 e. The van der Waals surface area contributed by atoms with Crippen LogP contribution in [-0.2, 0) is 0 Å². The van der Waals surface area contributed by atoms with Crippen molar-refractivity contribution >= 4 is 32.7 Å². The average Bonchev–Trinajstić information content (AvgIpc) is 3.09. The molecule has 2 aliphatic rings. The van der Waals surface area contributed by atoms with Crippen LogP contribution < -0.4 is 10.2 Å². The van der Waals surface area contributed by atoms with Gasteiger partial charge in [0, 0.05) is 24.7 Å². The maximum absolute atomic E-state index is 13.5. The summed E-state index contributed by atoms with van der Waals surface area (Å²) in [5, 5.41) is 4.34. The highest BCUT2D eigenvalue weighted by Crippen LogP contribution is 2.34. The first kappa shape index (κ1) is 21.4. The Labute approximate surface area is 194 Å². The Kier molecular flexibility index (Phi) is 6.39. The van der Waals surface area contributed by atoms with Gasteiger partial charge in [-0.05, 0) is 45.1 Å². The van der Waals surface area contributed by atoms with Crippen LogP contribution in [0.5, 0.6) is 0 Å². The van der Waals surface area contributed by atoms with Crippen molar-refractivity contribution in [2.24, 2.45) is 0 Å². The van der Waals surface area contributed by atoms with Gasteiger partial charge in [0.2, 0.25) is 0 Å². The van der Waals surface area contributed by atoms with Crippen LogP contribution in [-0.4, -0.2) is 35.0 Å². The largest absolute Gasteiger partial charge is 0.349 e. The third-order valence-electron chi connectivity index (χ3n) is 6.76. The van der Waals surface area contributed by atoms with E-state index in [-0.39, 0.29) is 11.9 Å². The summed E-state index contributed by atoms with van der Waals surface area (Å²) in [6.45, 7) is 4.15. The predicted octanol–water partition coefficient (Wildman–Crippen LogP) is 6.11. The zero-order chi connectivity index (χ0) is 21.9. The van der Waals surface area contributed by atoms with E-state index in [0.717, 1.165) is 52.6 Å². The maximum atomic E-state index is 13.5. The van der Waals surface area contributed by atoms with E-state index in [0.29, 0.717) is 5.65 Å². The number of fused-ring (bicyclic) bond motifs is 1. The zero-order valence-electron chi connectivity index (χ0n) is 18.9. The van der Waals surface area contributed by atoms with Gasteiger partial charge in [0.05, 0.1) is 16.0 Å². The molecule has 5 nitrogen and oxygen atoms in total. The van der Waals surface area contributed by atoms with Gasteiger partial charge in [-0.2, -0.15) is 4.98 Å². The Balaban J connectivity index is 1.53. The summed E-state index contributed by atoms with van der Waals surface area (Å²) in [6.07, 6.45) is 10.8. The lowest BCUT2D eigenvalue weighted by atomic mass is 10.1. The fraction of sp³-hybridized carbons (Fsp3) is 0.500. The lowest BCUT2D eigenvalue weighted by Gasteiger charge is -2.25. The van der Waals surface area contributed by atoms with Crippen LogP contribution >= 0.6 is 11.3 Å². The summed E-state index contributed by atoms with van der Waals surface area (Å²) >= 11 is 1.62. The SMILES string of the molecule is Cc1ccc(-c2cc(C(=O)NC3CCCCCC3)c3sc(N4CCCCC4)nc3n2)cc1. The van der Waals surface area contributed by atoms with E-state index in [2.05, 4.69) is 41.4 Å². The van der Waals surface area contributed by atoms with Crippen LogP contribution in [0.1, 0.15) is 73.7 Å². The van der Waals surface area contributed by atoms with Crippen molar-refractivity contribution < 1.29 is 4.79 Å². The molecule has 1 aliphatic carbocycles. The van der Waals surface area contributed by atoms with Gasteiger partial charge in [0.25, 0.3) is 5.91 Å². The lowest BCUT2D eigenvalue weighted by Crippen LogP contribution is -2.34. The molecule has 1 amide bonds. The number of thiazole rings is 1. The van der Waals surface area contributed by atoms with Crippen LogP contribution in [0.25, 0.3) is 21.6 Å². The normalized spacial score (nSPS) is 18.0. The molecule has 0 radical (unpaired) electrons. The van der Waals surface area contributed by atoms with Gasteiger partial charge in [-0.3, -0.25) is 4.79 Å². The molecule has 0 spiro atoms. The van der Waals surface area contributed by atoms with Crippen molar-refractivity contribution in [2.45, 2.75) is 70.8 Å². The van der Waals surface area contributed by atoms with Gasteiger partial charge in [0.1, 0.15) is 0 Å². The first-order valence-corrected chi connectivity index (χ1v) is 12.9. The summed E-state index contributed by atoms with van der Waals surface area (Å²) in [5.41, 5.74) is 4.46. The number of hydrogen-bond acceptors (Lipinski definition) is 5. The monoisotopic (exact) mass is 448 g/mol. The van der Waals surface area contributed by atoms with Crippen molar-refractivity contribution in [3.05, 3.63) is 41.5 Å². The molecule has 1 saturated heterocycles. The molecule has 1 aliphatic heterocycles. The Morgan fingerprint density at radius 2 is 1.66 bits per heavy atom. The molecule has 1 saturated carbocycles. The highest BCUT2D eigenvalue weighted by atomic mass is 32.1. The molecule has 1 N–H and O–H groups in total. The minimum atomic E-state index is 0.0199. The van der Waals surface area contributed by atoms with E-state index in [4.69, 9.17) is 9.97 Å². The van der Waals surface area contributed by atoms with E-state index in [9.17, 15) is 4.79 Å². The molecule has 3 heterocycles. The molecular formula is C26H32N4OS. The molecule has 6 heteroatoms. The van der Waals surface area contributed by atoms with Crippen LogP contribution in [0.4, 0.5) is 5.13 Å². The standard InChI is InChI=1S/C26H32N4OS/c1-18-11-13-19(14-12-18)22-17-21(25(31)27-20-9-5-2-3-6-10-20)23-24(28-22)29-26(32-23)30-15-7-4-8-16-30/h11-14,17,20H,2-10,15-16H2,1H3,(H,27,31). The van der Waals surface area contributed by atoms with E-state index >= 15 is 0 Å². The average molecular weight is 449 g/mol. The highest BCUT2D eigenvalue weighted by molar-refractivity contribution is 7.22. The fourth-order valence-corrected chi connectivity index (χ4v) is 5.92. The Hall–Kier alpha value is -2.47. The second-order valence-electron chi connectivity index (χ2n) is 9.28. The third-order valence-corrected chi connectivity index (χ3v) is 7.90. The number of nitrogens with zero attached hydrogens (tertiary/aromatic N) is 3. The van der Waals surface area contributed by atoms with Crippen molar-refractivity contribution in [1.29, 1.82) is 0 Å². The van der Waals surface area contributed by atoms with Crippen molar-refractivity contribution in [1.82, 2.24) is 15.3 Å². The van der Waals surface area contributed by atoms with Gasteiger partial charge in [-0.1, -0.05) is 66.8 Å². The molecule has 5 rings (SSSR count). The first-order chi connectivity index (χ1) is 15.7. The molecule has 0 bridgehead atoms. The van der Waals surface area contributed by atoms with Crippen molar-refractivity contribution in [3.63, 3.8) is 0 Å². The van der Waals surface area contributed by atoms with E-state index in [1.807, 2.05) is 6.07 Å². The molecule has 0 atom stereocenters. The fourth-order valence-electron chi connectivity index (χ4n) is 4.85. The number of benzene rings is 1. The minimum absolute atomic E-state index is 0.0199. The Bertz CT molecular complexity index is 1080. The molecule has 0 unspecified atom stereocenters. The lowest BCUT2D eigenvalue weighted by molar-refractivity contribution is 0.0935. The van der Waals surface area contributed by atoms with Gasteiger partial charge in [-0.15, -0.1) is 0 Å². The van der Waals surface area contributed by atoms with Gasteiger partial charge in [0.15, 0.2) is 10.8 Å². The number of hydrogen-bond donors (Lipinski definition) is 1. The van der Waals surface area contributed by atoms with Gasteiger partial charge < -0.3 is 10.2 Å². The second kappa shape index (κ2) is 9.57.